The van der Waals surface area contributed by atoms with Crippen LogP contribution >= 0.6 is 0 Å². The molecule has 2 aromatic carbocycles. The Kier molecular flexibility index (Phi) is 4.05. The van der Waals surface area contributed by atoms with Gasteiger partial charge >= 0.3 is 6.17 Å². The van der Waals surface area contributed by atoms with Gasteiger partial charge in [-0.3, -0.25) is 20.2 Å². The molecule has 0 unspecified atom stereocenters. The maximum atomic E-state index is 10.9. The smallest absolute Gasteiger partial charge is 0.258 e. The van der Waals surface area contributed by atoms with Crippen LogP contribution in [0.25, 0.3) is 0 Å². The summed E-state index contributed by atoms with van der Waals surface area (Å²) in [6.07, 6.45) is -1.50. The first-order chi connectivity index (χ1) is 9.59. The van der Waals surface area contributed by atoms with E-state index in [-0.39, 0.29) is 5.56 Å². The molecule has 0 heterocycles. The highest BCUT2D eigenvalue weighted by Crippen LogP contribution is 2.23. The van der Waals surface area contributed by atoms with Gasteiger partial charge in [0, 0.05) is 0 Å². The van der Waals surface area contributed by atoms with Gasteiger partial charge in [0.05, 0.1) is 0 Å². The quantitative estimate of drug-likeness (QED) is 0.475. The summed E-state index contributed by atoms with van der Waals surface area (Å²) >= 11 is 0. The normalized spacial score (nSPS) is 10.4. The van der Waals surface area contributed by atoms with Crippen LogP contribution in [0.3, 0.4) is 0 Å². The molecule has 0 spiro atoms. The van der Waals surface area contributed by atoms with Crippen LogP contribution in [-0.2, 0) is 6.42 Å². The Labute approximate surface area is 115 Å². The van der Waals surface area contributed by atoms with Crippen molar-refractivity contribution in [1.82, 2.24) is 0 Å². The van der Waals surface area contributed by atoms with Gasteiger partial charge in [0.15, 0.2) is 0 Å². The van der Waals surface area contributed by atoms with Gasteiger partial charge < -0.3 is 0 Å². The molecule has 20 heavy (non-hydrogen) atoms. The minimum Gasteiger partial charge on any atom is -0.258 e. The zero-order valence-corrected chi connectivity index (χ0v) is 10.5. The Morgan fingerprint density at radius 3 is 2.00 bits per heavy atom. The number of benzene rings is 2. The summed E-state index contributed by atoms with van der Waals surface area (Å²) in [6, 6.07) is 15.8. The minimum absolute atomic E-state index is 0.131. The van der Waals surface area contributed by atoms with Gasteiger partial charge in [-0.1, -0.05) is 48.5 Å². The maximum absolute atomic E-state index is 10.9. The zero-order valence-electron chi connectivity index (χ0n) is 10.5. The number of hydrogen-bond donors (Lipinski definition) is 0. The van der Waals surface area contributed by atoms with Crippen molar-refractivity contribution in [2.75, 3.05) is 0 Å². The topological polar surface area (TPSA) is 86.3 Å². The lowest BCUT2D eigenvalue weighted by Gasteiger charge is -2.08. The van der Waals surface area contributed by atoms with E-state index in [1.165, 1.54) is 6.07 Å². The standard InChI is InChI=1S/C14H12N2O4/c17-15(18)14(16(19)20)13-9-5-4-8-12(13)10-11-6-2-1-3-7-11/h1-9,14H,10H2. The largest absolute Gasteiger partial charge is 0.476 e. The van der Waals surface area contributed by atoms with Gasteiger partial charge in [0.25, 0.3) is 0 Å². The van der Waals surface area contributed by atoms with Crippen molar-refractivity contribution in [3.05, 3.63) is 91.5 Å². The van der Waals surface area contributed by atoms with Crippen molar-refractivity contribution < 1.29 is 9.85 Å². The summed E-state index contributed by atoms with van der Waals surface area (Å²) < 4.78 is 0. The number of nitro groups is 2. The van der Waals surface area contributed by atoms with Gasteiger partial charge in [-0.2, -0.15) is 0 Å². The molecule has 0 atom stereocenters. The van der Waals surface area contributed by atoms with Crippen LogP contribution in [0, 0.1) is 20.2 Å². The molecule has 0 bridgehead atoms. The Morgan fingerprint density at radius 1 is 0.850 bits per heavy atom. The van der Waals surface area contributed by atoms with E-state index in [9.17, 15) is 20.2 Å². The Hall–Kier alpha value is -2.76. The monoisotopic (exact) mass is 272 g/mol. The zero-order chi connectivity index (χ0) is 14.5. The number of rotatable bonds is 5. The first-order valence-electron chi connectivity index (χ1n) is 5.98. The molecular weight excluding hydrogens is 260 g/mol. The third-order valence-electron chi connectivity index (χ3n) is 2.97. The Morgan fingerprint density at radius 2 is 1.40 bits per heavy atom. The van der Waals surface area contributed by atoms with Gasteiger partial charge in [-0.05, 0) is 23.6 Å². The average molecular weight is 272 g/mol. The highest BCUT2D eigenvalue weighted by atomic mass is 16.7. The van der Waals surface area contributed by atoms with E-state index in [4.69, 9.17) is 0 Å². The molecule has 2 aromatic rings. The number of nitrogens with zero attached hydrogens (tertiary/aromatic N) is 2. The lowest BCUT2D eigenvalue weighted by Crippen LogP contribution is -2.21. The molecule has 0 aliphatic rings. The predicted molar refractivity (Wildman–Crippen MR) is 72.4 cm³/mol. The molecule has 0 amide bonds. The van der Waals surface area contributed by atoms with E-state index in [1.807, 2.05) is 30.3 Å². The summed E-state index contributed by atoms with van der Waals surface area (Å²) in [4.78, 5) is 20.1. The van der Waals surface area contributed by atoms with E-state index in [1.54, 1.807) is 18.2 Å². The third-order valence-corrected chi connectivity index (χ3v) is 2.97. The van der Waals surface area contributed by atoms with Crippen LogP contribution in [0.5, 0.6) is 0 Å². The molecule has 0 aliphatic carbocycles. The van der Waals surface area contributed by atoms with E-state index >= 15 is 0 Å². The van der Waals surface area contributed by atoms with E-state index in [0.29, 0.717) is 12.0 Å². The van der Waals surface area contributed by atoms with Crippen molar-refractivity contribution in [3.8, 4) is 0 Å². The van der Waals surface area contributed by atoms with Crippen LogP contribution in [0.15, 0.2) is 54.6 Å². The maximum Gasteiger partial charge on any atom is 0.476 e. The number of hydrogen-bond acceptors (Lipinski definition) is 4. The summed E-state index contributed by atoms with van der Waals surface area (Å²) in [5.41, 5.74) is 1.67. The lowest BCUT2D eigenvalue weighted by molar-refractivity contribution is -0.752. The van der Waals surface area contributed by atoms with E-state index < -0.39 is 16.0 Å². The lowest BCUT2D eigenvalue weighted by atomic mass is 9.98. The summed E-state index contributed by atoms with van der Waals surface area (Å²) in [6.45, 7) is 0. The molecule has 6 nitrogen and oxygen atoms in total. The fourth-order valence-electron chi connectivity index (χ4n) is 2.07. The van der Waals surface area contributed by atoms with Crippen LogP contribution in [0.1, 0.15) is 22.9 Å². The van der Waals surface area contributed by atoms with Crippen molar-refractivity contribution >= 4 is 0 Å². The Balaban J connectivity index is 2.40. The van der Waals surface area contributed by atoms with Crippen molar-refractivity contribution in [2.45, 2.75) is 12.6 Å². The summed E-state index contributed by atoms with van der Waals surface area (Å²) in [5, 5.41) is 21.8. The minimum atomic E-state index is -1.92. The van der Waals surface area contributed by atoms with Crippen LogP contribution in [0.4, 0.5) is 0 Å². The van der Waals surface area contributed by atoms with Crippen LogP contribution in [-0.4, -0.2) is 9.85 Å². The highest BCUT2D eigenvalue weighted by molar-refractivity contribution is 5.33. The fraction of sp³-hybridized carbons (Fsp3) is 0.143. The second-order valence-corrected chi connectivity index (χ2v) is 4.31. The average Bonchev–Trinajstić information content (AvgIpc) is 2.41. The van der Waals surface area contributed by atoms with Crippen LogP contribution < -0.4 is 0 Å². The summed E-state index contributed by atoms with van der Waals surface area (Å²) in [5.74, 6) is 0. The molecule has 0 aliphatic heterocycles. The third kappa shape index (κ3) is 2.97. The van der Waals surface area contributed by atoms with E-state index in [2.05, 4.69) is 0 Å². The molecule has 0 aromatic heterocycles. The van der Waals surface area contributed by atoms with Gasteiger partial charge in [-0.15, -0.1) is 0 Å². The van der Waals surface area contributed by atoms with Crippen molar-refractivity contribution in [1.29, 1.82) is 0 Å². The van der Waals surface area contributed by atoms with Crippen molar-refractivity contribution in [2.24, 2.45) is 0 Å². The molecule has 2 rings (SSSR count). The molecule has 0 saturated heterocycles. The molecule has 102 valence electrons. The molecule has 0 fully saturated rings. The Bertz CT molecular complexity index is 614. The highest BCUT2D eigenvalue weighted by Gasteiger charge is 2.36. The van der Waals surface area contributed by atoms with Gasteiger partial charge in [0.2, 0.25) is 0 Å². The van der Waals surface area contributed by atoms with Gasteiger partial charge in [-0.25, -0.2) is 0 Å². The molecule has 0 radical (unpaired) electrons. The second-order valence-electron chi connectivity index (χ2n) is 4.31. The molecule has 0 saturated carbocycles. The first kappa shape index (κ1) is 13.7. The summed E-state index contributed by atoms with van der Waals surface area (Å²) in [7, 11) is 0. The fourth-order valence-corrected chi connectivity index (χ4v) is 2.07. The molecular formula is C14H12N2O4. The van der Waals surface area contributed by atoms with E-state index in [0.717, 1.165) is 5.56 Å². The van der Waals surface area contributed by atoms with Gasteiger partial charge in [0.1, 0.15) is 15.4 Å². The van der Waals surface area contributed by atoms with Crippen LogP contribution in [0.2, 0.25) is 0 Å². The first-order valence-corrected chi connectivity index (χ1v) is 5.98. The predicted octanol–water partition coefficient (Wildman–Crippen LogP) is 2.83. The molecule has 0 N–H and O–H groups in total. The second kappa shape index (κ2) is 5.92. The SMILES string of the molecule is O=[N+]([O-])C(c1ccccc1Cc1ccccc1)[N+](=O)[O-]. The van der Waals surface area contributed by atoms with Crippen molar-refractivity contribution in [3.63, 3.8) is 0 Å². The molecule has 6 heteroatoms.